The molecule has 73 heavy (non-hydrogen) atoms. The van der Waals surface area contributed by atoms with Gasteiger partial charge in [-0.2, -0.15) is 0 Å². The number of hydrogen-bond acceptors (Lipinski definition) is 2. The fourth-order valence-corrected chi connectivity index (χ4v) is 17.7. The minimum atomic E-state index is -0.473. The molecule has 0 bridgehead atoms. The summed E-state index contributed by atoms with van der Waals surface area (Å²) in [6.07, 6.45) is 9.77. The molecular weight excluding hydrogens is 881 g/mol. The van der Waals surface area contributed by atoms with Crippen molar-refractivity contribution < 1.29 is 0 Å². The number of hydrogen-bond donors (Lipinski definition) is 0. The molecule has 2 saturated carbocycles. The zero-order chi connectivity index (χ0) is 49.9. The second kappa shape index (κ2) is 15.2. The number of nitrogens with zero attached hydrogens (tertiary/aromatic N) is 2. The molecule has 6 aliphatic rings. The second-order valence-corrected chi connectivity index (χ2v) is 25.5. The van der Waals surface area contributed by atoms with Gasteiger partial charge in [-0.15, -0.1) is 0 Å². The van der Waals surface area contributed by atoms with Crippen molar-refractivity contribution >= 4 is 22.7 Å². The third kappa shape index (κ3) is 5.55. The van der Waals surface area contributed by atoms with Crippen LogP contribution in [-0.4, -0.2) is 11.1 Å². The Labute approximate surface area is 435 Å². The molecule has 364 valence electrons. The summed E-state index contributed by atoms with van der Waals surface area (Å²) in [7, 11) is 0. The molecular formula is C71H70N2. The van der Waals surface area contributed by atoms with Crippen molar-refractivity contribution in [3.05, 3.63) is 215 Å². The first-order valence-electron chi connectivity index (χ1n) is 27.7. The Bertz CT molecular complexity index is 3320. The van der Waals surface area contributed by atoms with Crippen molar-refractivity contribution in [2.45, 2.75) is 134 Å². The number of anilines is 4. The molecule has 4 unspecified atom stereocenters. The zero-order valence-corrected chi connectivity index (χ0v) is 44.4. The maximum atomic E-state index is 2.78. The van der Waals surface area contributed by atoms with Gasteiger partial charge in [0.05, 0.1) is 16.5 Å². The molecule has 8 aromatic rings. The van der Waals surface area contributed by atoms with Crippen molar-refractivity contribution in [1.82, 2.24) is 0 Å². The molecule has 0 amide bonds. The van der Waals surface area contributed by atoms with Crippen LogP contribution in [0.25, 0.3) is 44.5 Å². The van der Waals surface area contributed by atoms with Gasteiger partial charge in [0, 0.05) is 33.6 Å². The van der Waals surface area contributed by atoms with Crippen molar-refractivity contribution in [3.63, 3.8) is 0 Å². The summed E-state index contributed by atoms with van der Waals surface area (Å²) in [6, 6.07) is 71.2. The highest BCUT2D eigenvalue weighted by Gasteiger charge is 2.67. The summed E-state index contributed by atoms with van der Waals surface area (Å²) in [5, 5.41) is 0. The molecule has 4 atom stereocenters. The van der Waals surface area contributed by atoms with E-state index in [0.29, 0.717) is 0 Å². The lowest BCUT2D eigenvalue weighted by molar-refractivity contribution is 0.0607. The molecule has 2 heterocycles. The summed E-state index contributed by atoms with van der Waals surface area (Å²) in [5.41, 5.74) is 24.0. The van der Waals surface area contributed by atoms with E-state index >= 15 is 0 Å². The van der Waals surface area contributed by atoms with Gasteiger partial charge in [0.1, 0.15) is 0 Å². The van der Waals surface area contributed by atoms with Crippen LogP contribution in [0, 0.1) is 10.8 Å². The lowest BCUT2D eigenvalue weighted by Gasteiger charge is -2.59. The number of fused-ring (bicyclic) bond motifs is 16. The minimum absolute atomic E-state index is 0.0152. The van der Waals surface area contributed by atoms with Gasteiger partial charge in [-0.1, -0.05) is 202 Å². The standard InChI is InChI=1S/C71H70N2/c1-65(2,3)69-41-21-19-39-67(69,7)61-45-49(33-37-63(61)72(69)51-23-11-9-12-24-51)47-31-35-55-56-36-32-48(44-60(56)71(59(55)43-47)57-29-17-15-27-53(57)54-28-16-18-30-58(54)71)50-34-38-64-62(46-50)68(8)40-20-22-42-70(68,66(4,5)6)73(64)52-25-13-10-14-26-52/h9-18,23-38,43-46H,19-22,39-42H2,1-8H3. The maximum Gasteiger partial charge on any atom is 0.0725 e. The van der Waals surface area contributed by atoms with Crippen LogP contribution in [0.3, 0.4) is 0 Å². The van der Waals surface area contributed by atoms with Gasteiger partial charge in [-0.05, 0) is 175 Å². The van der Waals surface area contributed by atoms with Crippen molar-refractivity contribution in [1.29, 1.82) is 0 Å². The van der Waals surface area contributed by atoms with Gasteiger partial charge < -0.3 is 9.80 Å². The topological polar surface area (TPSA) is 6.48 Å². The largest absolute Gasteiger partial charge is 0.334 e. The molecule has 8 aromatic carbocycles. The summed E-state index contributed by atoms with van der Waals surface area (Å²) in [6.45, 7) is 20.2. The SMILES string of the molecule is CC(C)(C)C12CCCCC1(C)c1cc(-c3ccc4c(c3)C3(c5ccccc5-c5ccccc53)c3cc(-c5ccc6c(c5)C5(C)CCCCC5(C(C)(C)C)N6c5ccccc5)ccc3-4)ccc1N2c1ccccc1. The molecule has 2 heteroatoms. The first-order valence-corrected chi connectivity index (χ1v) is 27.7. The summed E-state index contributed by atoms with van der Waals surface area (Å²) in [4.78, 5) is 5.56. The fraction of sp³-hybridized carbons (Fsp3) is 0.324. The van der Waals surface area contributed by atoms with Gasteiger partial charge in [0.2, 0.25) is 0 Å². The van der Waals surface area contributed by atoms with E-state index in [9.17, 15) is 0 Å². The predicted molar refractivity (Wildman–Crippen MR) is 307 cm³/mol. The van der Waals surface area contributed by atoms with Crippen LogP contribution in [0.5, 0.6) is 0 Å². The summed E-state index contributed by atoms with van der Waals surface area (Å²) >= 11 is 0. The highest BCUT2D eigenvalue weighted by molar-refractivity contribution is 5.97. The molecule has 0 aromatic heterocycles. The van der Waals surface area contributed by atoms with Gasteiger partial charge in [-0.25, -0.2) is 0 Å². The van der Waals surface area contributed by atoms with Gasteiger partial charge >= 0.3 is 0 Å². The smallest absolute Gasteiger partial charge is 0.0725 e. The van der Waals surface area contributed by atoms with Crippen LogP contribution in [0.15, 0.2) is 182 Å². The Morgan fingerprint density at radius 1 is 0.329 bits per heavy atom. The highest BCUT2D eigenvalue weighted by Crippen LogP contribution is 2.69. The Hall–Kier alpha value is -6.64. The Morgan fingerprint density at radius 2 is 0.658 bits per heavy atom. The Kier molecular flexibility index (Phi) is 9.39. The quantitative estimate of drug-likeness (QED) is 0.173. The third-order valence-corrected chi connectivity index (χ3v) is 20.5. The molecule has 2 nitrogen and oxygen atoms in total. The molecule has 4 aliphatic carbocycles. The number of rotatable bonds is 4. The third-order valence-electron chi connectivity index (χ3n) is 20.5. The average Bonchev–Trinajstić information content (AvgIpc) is 4.04. The molecule has 14 rings (SSSR count). The summed E-state index contributed by atoms with van der Waals surface area (Å²) in [5.74, 6) is 0. The highest BCUT2D eigenvalue weighted by atomic mass is 15.3. The number of benzene rings is 8. The molecule has 2 aliphatic heterocycles. The van der Waals surface area contributed by atoms with E-state index in [1.807, 2.05) is 0 Å². The van der Waals surface area contributed by atoms with Crippen LogP contribution in [0.2, 0.25) is 0 Å². The molecule has 0 N–H and O–H groups in total. The van der Waals surface area contributed by atoms with E-state index in [-0.39, 0.29) is 32.7 Å². The van der Waals surface area contributed by atoms with Crippen molar-refractivity contribution in [2.24, 2.45) is 10.8 Å². The minimum Gasteiger partial charge on any atom is -0.334 e. The van der Waals surface area contributed by atoms with Crippen LogP contribution >= 0.6 is 0 Å². The average molecular weight is 951 g/mol. The van der Waals surface area contributed by atoms with E-state index in [0.717, 1.165) is 0 Å². The Balaban J connectivity index is 0.952. The van der Waals surface area contributed by atoms with Gasteiger partial charge in [0.25, 0.3) is 0 Å². The summed E-state index contributed by atoms with van der Waals surface area (Å²) < 4.78 is 0. The van der Waals surface area contributed by atoms with Crippen molar-refractivity contribution in [2.75, 3.05) is 9.80 Å². The zero-order valence-electron chi connectivity index (χ0n) is 44.4. The van der Waals surface area contributed by atoms with E-state index in [1.54, 1.807) is 0 Å². The van der Waals surface area contributed by atoms with E-state index in [2.05, 4.69) is 247 Å². The number of para-hydroxylation sites is 2. The molecule has 0 saturated heterocycles. The first kappa shape index (κ1) is 45.0. The van der Waals surface area contributed by atoms with Gasteiger partial charge in [-0.3, -0.25) is 0 Å². The van der Waals surface area contributed by atoms with Crippen LogP contribution in [0.4, 0.5) is 22.7 Å². The Morgan fingerprint density at radius 3 is 1.05 bits per heavy atom. The van der Waals surface area contributed by atoms with E-state index in [1.165, 1.54) is 152 Å². The van der Waals surface area contributed by atoms with Crippen LogP contribution in [0.1, 0.15) is 140 Å². The van der Waals surface area contributed by atoms with E-state index in [4.69, 9.17) is 0 Å². The lowest BCUT2D eigenvalue weighted by atomic mass is 9.52. The molecule has 0 radical (unpaired) electrons. The monoisotopic (exact) mass is 951 g/mol. The fourth-order valence-electron chi connectivity index (χ4n) is 17.7. The van der Waals surface area contributed by atoms with Crippen LogP contribution < -0.4 is 9.80 Å². The van der Waals surface area contributed by atoms with E-state index < -0.39 is 5.41 Å². The molecule has 1 spiro atoms. The lowest BCUT2D eigenvalue weighted by Crippen LogP contribution is -2.64. The second-order valence-electron chi connectivity index (χ2n) is 25.5. The maximum absolute atomic E-state index is 2.78. The van der Waals surface area contributed by atoms with Crippen molar-refractivity contribution in [3.8, 4) is 44.5 Å². The first-order chi connectivity index (χ1) is 35.2. The predicted octanol–water partition coefficient (Wildman–Crippen LogP) is 18.9. The van der Waals surface area contributed by atoms with Gasteiger partial charge in [0.15, 0.2) is 0 Å². The normalized spacial score (nSPS) is 24.8. The molecule has 2 fully saturated rings. The van der Waals surface area contributed by atoms with Crippen LogP contribution in [-0.2, 0) is 16.2 Å².